The van der Waals surface area contributed by atoms with Crippen molar-refractivity contribution in [1.29, 1.82) is 0 Å². The first-order chi connectivity index (χ1) is 14.6. The van der Waals surface area contributed by atoms with Crippen LogP contribution >= 0.6 is 12.2 Å². The highest BCUT2D eigenvalue weighted by Crippen LogP contribution is 2.25. The molecule has 0 saturated carbocycles. The fourth-order valence-corrected chi connectivity index (χ4v) is 4.52. The maximum atomic E-state index is 11.7. The summed E-state index contributed by atoms with van der Waals surface area (Å²) in [7, 11) is 1.67. The predicted molar refractivity (Wildman–Crippen MR) is 123 cm³/mol. The number of thiocarbonyl (C=S) groups is 1. The molecule has 0 aromatic heterocycles. The minimum absolute atomic E-state index is 0.155. The number of methoxy groups -OCH3 is 1. The predicted octanol–water partition coefficient (Wildman–Crippen LogP) is 2.43. The standard InChI is InChI=1S/C22H34N4O3S/c1-18(27)25-12-8-19(9-13-25)26(11-5-10-24-14-16-29-17-15-24)22(30)23-20-6-3-4-7-21(20)28-2/h3-4,6-7,19H,5,8-17H2,1-2H3,(H,23,30). The van der Waals surface area contributed by atoms with Gasteiger partial charge in [-0.2, -0.15) is 0 Å². The van der Waals surface area contributed by atoms with Crippen molar-refractivity contribution in [3.05, 3.63) is 24.3 Å². The number of morpholine rings is 1. The number of piperidine rings is 1. The van der Waals surface area contributed by atoms with E-state index >= 15 is 0 Å². The Bertz CT molecular complexity index is 703. The Balaban J connectivity index is 1.63. The Hall–Kier alpha value is -1.90. The van der Waals surface area contributed by atoms with Crippen molar-refractivity contribution >= 4 is 28.9 Å². The monoisotopic (exact) mass is 434 g/mol. The summed E-state index contributed by atoms with van der Waals surface area (Å²) in [5, 5.41) is 4.12. The highest BCUT2D eigenvalue weighted by Gasteiger charge is 2.27. The lowest BCUT2D eigenvalue weighted by Gasteiger charge is -2.40. The summed E-state index contributed by atoms with van der Waals surface area (Å²) in [4.78, 5) is 18.4. The molecule has 30 heavy (non-hydrogen) atoms. The molecule has 1 aromatic rings. The first kappa shape index (κ1) is 22.8. The van der Waals surface area contributed by atoms with Gasteiger partial charge in [0.2, 0.25) is 5.91 Å². The van der Waals surface area contributed by atoms with E-state index in [0.717, 1.165) is 88.3 Å². The molecule has 2 fully saturated rings. The van der Waals surface area contributed by atoms with Crippen molar-refractivity contribution in [2.45, 2.75) is 32.2 Å². The number of carbonyl (C=O) groups is 1. The normalized spacial score (nSPS) is 18.1. The third kappa shape index (κ3) is 6.30. The maximum absolute atomic E-state index is 11.7. The van der Waals surface area contributed by atoms with Gasteiger partial charge < -0.3 is 24.6 Å². The summed E-state index contributed by atoms with van der Waals surface area (Å²) in [5.41, 5.74) is 0.879. The van der Waals surface area contributed by atoms with Gasteiger partial charge in [0.25, 0.3) is 0 Å². The van der Waals surface area contributed by atoms with Crippen LogP contribution in [0.5, 0.6) is 5.75 Å². The number of nitrogens with zero attached hydrogens (tertiary/aromatic N) is 3. The molecule has 3 rings (SSSR count). The van der Waals surface area contributed by atoms with Crippen molar-refractivity contribution in [2.24, 2.45) is 0 Å². The number of rotatable bonds is 7. The lowest BCUT2D eigenvalue weighted by Crippen LogP contribution is -2.50. The van der Waals surface area contributed by atoms with Crippen molar-refractivity contribution in [3.63, 3.8) is 0 Å². The second-order valence-corrected chi connectivity index (χ2v) is 8.26. The van der Waals surface area contributed by atoms with Crippen LogP contribution in [0.4, 0.5) is 5.69 Å². The zero-order chi connectivity index (χ0) is 21.3. The summed E-state index contributed by atoms with van der Waals surface area (Å²) < 4.78 is 10.9. The molecule has 2 heterocycles. The number of carbonyl (C=O) groups excluding carboxylic acids is 1. The fourth-order valence-electron chi connectivity index (χ4n) is 4.17. The van der Waals surface area contributed by atoms with Gasteiger partial charge in [-0.05, 0) is 43.6 Å². The van der Waals surface area contributed by atoms with E-state index in [0.29, 0.717) is 6.04 Å². The van der Waals surface area contributed by atoms with Crippen LogP contribution in [0.25, 0.3) is 0 Å². The van der Waals surface area contributed by atoms with Crippen LogP contribution < -0.4 is 10.1 Å². The van der Waals surface area contributed by atoms with Gasteiger partial charge in [-0.1, -0.05) is 12.1 Å². The van der Waals surface area contributed by atoms with E-state index in [1.807, 2.05) is 29.2 Å². The zero-order valence-corrected chi connectivity index (χ0v) is 19.0. The van der Waals surface area contributed by atoms with E-state index in [2.05, 4.69) is 15.1 Å². The lowest BCUT2D eigenvalue weighted by molar-refractivity contribution is -0.130. The van der Waals surface area contributed by atoms with Crippen LogP contribution in [-0.4, -0.2) is 91.4 Å². The minimum atomic E-state index is 0.155. The quantitative estimate of drug-likeness (QED) is 0.662. The number of benzene rings is 1. The van der Waals surface area contributed by atoms with Gasteiger partial charge in [-0.15, -0.1) is 0 Å². The summed E-state index contributed by atoms with van der Waals surface area (Å²) in [6, 6.07) is 8.17. The Kier molecular flexibility index (Phi) is 8.72. The van der Waals surface area contributed by atoms with Gasteiger partial charge in [-0.3, -0.25) is 9.69 Å². The van der Waals surface area contributed by atoms with E-state index in [4.69, 9.17) is 21.7 Å². The molecule has 0 bridgehead atoms. The van der Waals surface area contributed by atoms with Crippen LogP contribution in [0.15, 0.2) is 24.3 Å². The molecular weight excluding hydrogens is 400 g/mol. The average molecular weight is 435 g/mol. The third-order valence-electron chi connectivity index (χ3n) is 5.94. The molecule has 2 saturated heterocycles. The molecule has 7 nitrogen and oxygen atoms in total. The number of para-hydroxylation sites is 2. The molecule has 2 aliphatic rings. The van der Waals surface area contributed by atoms with Gasteiger partial charge in [0.1, 0.15) is 5.75 Å². The van der Waals surface area contributed by atoms with E-state index < -0.39 is 0 Å². The molecule has 0 atom stereocenters. The number of nitrogens with one attached hydrogen (secondary N) is 1. The minimum Gasteiger partial charge on any atom is -0.495 e. The second kappa shape index (κ2) is 11.5. The molecular formula is C22H34N4O3S. The summed E-state index contributed by atoms with van der Waals surface area (Å²) >= 11 is 5.84. The van der Waals surface area contributed by atoms with Crippen LogP contribution in [0.1, 0.15) is 26.2 Å². The molecule has 2 aliphatic heterocycles. The number of likely N-dealkylation sites (tertiary alicyclic amines) is 1. The summed E-state index contributed by atoms with van der Waals surface area (Å²) in [5.74, 6) is 0.932. The Labute approximate surface area is 185 Å². The average Bonchev–Trinajstić information content (AvgIpc) is 2.78. The van der Waals surface area contributed by atoms with Crippen LogP contribution in [0.3, 0.4) is 0 Å². The fraction of sp³-hybridized carbons (Fsp3) is 0.636. The number of hydrogen-bond donors (Lipinski definition) is 1. The van der Waals surface area contributed by atoms with Crippen molar-refractivity contribution < 1.29 is 14.3 Å². The second-order valence-electron chi connectivity index (χ2n) is 7.87. The molecule has 1 N–H and O–H groups in total. The van der Waals surface area contributed by atoms with Crippen molar-refractivity contribution in [2.75, 3.05) is 64.9 Å². The largest absolute Gasteiger partial charge is 0.495 e. The molecule has 8 heteroatoms. The van der Waals surface area contributed by atoms with Crippen molar-refractivity contribution in [3.8, 4) is 5.75 Å². The zero-order valence-electron chi connectivity index (χ0n) is 18.1. The number of hydrogen-bond acceptors (Lipinski definition) is 5. The Morgan fingerprint density at radius 1 is 1.23 bits per heavy atom. The Morgan fingerprint density at radius 2 is 1.93 bits per heavy atom. The van der Waals surface area contributed by atoms with Gasteiger partial charge in [0, 0.05) is 52.2 Å². The van der Waals surface area contributed by atoms with Gasteiger partial charge in [0.05, 0.1) is 26.0 Å². The number of anilines is 1. The number of ether oxygens (including phenoxy) is 2. The van der Waals surface area contributed by atoms with Crippen LogP contribution in [-0.2, 0) is 9.53 Å². The molecule has 1 amide bonds. The van der Waals surface area contributed by atoms with E-state index in [9.17, 15) is 4.79 Å². The smallest absolute Gasteiger partial charge is 0.219 e. The third-order valence-corrected chi connectivity index (χ3v) is 6.27. The summed E-state index contributed by atoms with van der Waals surface area (Å²) in [6.07, 6.45) is 2.91. The van der Waals surface area contributed by atoms with E-state index in [-0.39, 0.29) is 5.91 Å². The van der Waals surface area contributed by atoms with E-state index in [1.54, 1.807) is 14.0 Å². The molecule has 0 radical (unpaired) electrons. The first-order valence-electron chi connectivity index (χ1n) is 10.8. The summed E-state index contributed by atoms with van der Waals surface area (Å²) in [6.45, 7) is 8.80. The molecule has 0 spiro atoms. The highest BCUT2D eigenvalue weighted by atomic mass is 32.1. The van der Waals surface area contributed by atoms with E-state index in [1.165, 1.54) is 0 Å². The molecule has 1 aromatic carbocycles. The SMILES string of the molecule is COc1ccccc1NC(=S)N(CCCN1CCOCC1)C1CCN(C(C)=O)CC1. The lowest BCUT2D eigenvalue weighted by atomic mass is 10.0. The first-order valence-corrected chi connectivity index (χ1v) is 11.3. The number of amides is 1. The van der Waals surface area contributed by atoms with Crippen molar-refractivity contribution in [1.82, 2.24) is 14.7 Å². The van der Waals surface area contributed by atoms with Gasteiger partial charge in [0.15, 0.2) is 5.11 Å². The Morgan fingerprint density at radius 3 is 2.60 bits per heavy atom. The molecule has 0 unspecified atom stereocenters. The maximum Gasteiger partial charge on any atom is 0.219 e. The van der Waals surface area contributed by atoms with Crippen LogP contribution in [0.2, 0.25) is 0 Å². The van der Waals surface area contributed by atoms with Gasteiger partial charge in [-0.25, -0.2) is 0 Å². The topological polar surface area (TPSA) is 57.3 Å². The molecule has 0 aliphatic carbocycles. The van der Waals surface area contributed by atoms with Crippen LogP contribution in [0, 0.1) is 0 Å². The van der Waals surface area contributed by atoms with Gasteiger partial charge >= 0.3 is 0 Å². The molecule has 166 valence electrons. The highest BCUT2D eigenvalue weighted by molar-refractivity contribution is 7.80.